The van der Waals surface area contributed by atoms with Crippen molar-refractivity contribution in [3.8, 4) is 11.5 Å². The summed E-state index contributed by atoms with van der Waals surface area (Å²) in [6, 6.07) is 5.42. The fourth-order valence-electron chi connectivity index (χ4n) is 1.73. The zero-order chi connectivity index (χ0) is 15.6. The van der Waals surface area contributed by atoms with E-state index in [1.54, 1.807) is 0 Å². The lowest BCUT2D eigenvalue weighted by atomic mass is 10.1. The molecular weight excluding hydrogens is 293 g/mol. The van der Waals surface area contributed by atoms with E-state index in [4.69, 9.17) is 10.5 Å². The third-order valence-electron chi connectivity index (χ3n) is 2.65. The number of hydrogen-bond acceptors (Lipinski definition) is 2. The minimum absolute atomic E-state index is 0.0715. The third kappa shape index (κ3) is 3.69. The van der Waals surface area contributed by atoms with Crippen LogP contribution in [-0.4, -0.2) is 0 Å². The van der Waals surface area contributed by atoms with Gasteiger partial charge in [-0.3, -0.25) is 0 Å². The fourth-order valence-corrected chi connectivity index (χ4v) is 1.73. The Morgan fingerprint density at radius 2 is 1.57 bits per heavy atom. The summed E-state index contributed by atoms with van der Waals surface area (Å²) in [5.41, 5.74) is 4.50. The highest BCUT2D eigenvalue weighted by Crippen LogP contribution is 2.38. The Labute approximate surface area is 116 Å². The van der Waals surface area contributed by atoms with Crippen molar-refractivity contribution in [3.05, 3.63) is 59.2 Å². The smallest absolute Gasteiger partial charge is 0.419 e. The predicted molar refractivity (Wildman–Crippen MR) is 65.8 cm³/mol. The van der Waals surface area contributed by atoms with Crippen molar-refractivity contribution >= 4 is 0 Å². The third-order valence-corrected chi connectivity index (χ3v) is 2.65. The molecule has 0 spiro atoms. The van der Waals surface area contributed by atoms with E-state index in [0.717, 1.165) is 24.3 Å². The number of rotatable bonds is 3. The highest BCUT2D eigenvalue weighted by atomic mass is 19.4. The first-order chi connectivity index (χ1) is 9.79. The zero-order valence-electron chi connectivity index (χ0n) is 10.5. The number of nitrogens with two attached hydrogens (primary N) is 1. The Bertz CT molecular complexity index is 634. The number of alkyl halides is 3. The minimum atomic E-state index is -4.67. The van der Waals surface area contributed by atoms with Gasteiger partial charge in [-0.05, 0) is 17.7 Å². The summed E-state index contributed by atoms with van der Waals surface area (Å²) in [6.07, 6.45) is -4.67. The second-order valence-corrected chi connectivity index (χ2v) is 4.24. The van der Waals surface area contributed by atoms with E-state index in [-0.39, 0.29) is 17.9 Å². The van der Waals surface area contributed by atoms with E-state index in [2.05, 4.69) is 0 Å². The van der Waals surface area contributed by atoms with Crippen molar-refractivity contribution in [1.29, 1.82) is 0 Å². The quantitative estimate of drug-likeness (QED) is 0.861. The summed E-state index contributed by atoms with van der Waals surface area (Å²) in [5, 5.41) is 0. The van der Waals surface area contributed by atoms with Gasteiger partial charge in [0.25, 0.3) is 0 Å². The van der Waals surface area contributed by atoms with Crippen molar-refractivity contribution in [2.24, 2.45) is 5.73 Å². The second kappa shape index (κ2) is 5.69. The van der Waals surface area contributed by atoms with Crippen molar-refractivity contribution in [2.75, 3.05) is 0 Å². The molecule has 0 saturated heterocycles. The Morgan fingerprint density at radius 3 is 2.10 bits per heavy atom. The molecule has 0 aliphatic carbocycles. The van der Waals surface area contributed by atoms with Gasteiger partial charge in [-0.25, -0.2) is 8.78 Å². The predicted octanol–water partition coefficient (Wildman–Crippen LogP) is 4.23. The van der Waals surface area contributed by atoms with E-state index in [1.165, 1.54) is 6.07 Å². The highest BCUT2D eigenvalue weighted by Gasteiger charge is 2.34. The van der Waals surface area contributed by atoms with Crippen molar-refractivity contribution in [3.63, 3.8) is 0 Å². The molecule has 7 heteroatoms. The Balaban J connectivity index is 2.43. The van der Waals surface area contributed by atoms with E-state index in [1.807, 2.05) is 0 Å². The molecule has 0 aromatic heterocycles. The first kappa shape index (κ1) is 15.2. The number of halogens is 5. The molecule has 0 aliphatic heterocycles. The van der Waals surface area contributed by atoms with Crippen molar-refractivity contribution < 1.29 is 26.7 Å². The van der Waals surface area contributed by atoms with E-state index >= 15 is 0 Å². The van der Waals surface area contributed by atoms with Gasteiger partial charge in [0, 0.05) is 24.7 Å². The van der Waals surface area contributed by atoms with Crippen LogP contribution < -0.4 is 10.5 Å². The standard InChI is InChI=1S/C14H10F5NO/c15-9-4-10(16)6-11(5-9)21-13-2-1-8(7-20)3-12(13)14(17,18)19/h1-6H,7,20H2. The largest absolute Gasteiger partial charge is 0.457 e. The molecule has 0 radical (unpaired) electrons. The van der Waals surface area contributed by atoms with E-state index in [9.17, 15) is 22.0 Å². The molecule has 0 aliphatic rings. The number of ether oxygens (including phenoxy) is 1. The molecule has 2 nitrogen and oxygen atoms in total. The van der Waals surface area contributed by atoms with Crippen LogP contribution in [0.2, 0.25) is 0 Å². The number of benzene rings is 2. The van der Waals surface area contributed by atoms with Crippen molar-refractivity contribution in [1.82, 2.24) is 0 Å². The molecule has 0 unspecified atom stereocenters. The SMILES string of the molecule is NCc1ccc(Oc2cc(F)cc(F)c2)c(C(F)(F)F)c1. The lowest BCUT2D eigenvalue weighted by Crippen LogP contribution is -2.09. The van der Waals surface area contributed by atoms with Gasteiger partial charge in [-0.2, -0.15) is 13.2 Å². The van der Waals surface area contributed by atoms with Crippen LogP contribution in [0.15, 0.2) is 36.4 Å². The van der Waals surface area contributed by atoms with Crippen LogP contribution in [0.4, 0.5) is 22.0 Å². The summed E-state index contributed by atoms with van der Waals surface area (Å²) in [5.74, 6) is -2.81. The second-order valence-electron chi connectivity index (χ2n) is 4.24. The molecule has 2 rings (SSSR count). The maximum Gasteiger partial charge on any atom is 0.419 e. The van der Waals surface area contributed by atoms with Crippen LogP contribution >= 0.6 is 0 Å². The van der Waals surface area contributed by atoms with Crippen LogP contribution in [0.3, 0.4) is 0 Å². The monoisotopic (exact) mass is 303 g/mol. The lowest BCUT2D eigenvalue weighted by molar-refractivity contribution is -0.138. The van der Waals surface area contributed by atoms with Gasteiger partial charge in [0.1, 0.15) is 23.1 Å². The molecule has 0 heterocycles. The summed E-state index contributed by atoms with van der Waals surface area (Å²) in [6.45, 7) is -0.0715. The summed E-state index contributed by atoms with van der Waals surface area (Å²) in [4.78, 5) is 0. The maximum absolute atomic E-state index is 13.0. The first-order valence-corrected chi connectivity index (χ1v) is 5.84. The molecule has 2 aromatic rings. The topological polar surface area (TPSA) is 35.2 Å². The lowest BCUT2D eigenvalue weighted by Gasteiger charge is -2.15. The average molecular weight is 303 g/mol. The molecular formula is C14H10F5NO. The molecule has 0 atom stereocenters. The van der Waals surface area contributed by atoms with Gasteiger partial charge in [0.05, 0.1) is 5.56 Å². The summed E-state index contributed by atoms with van der Waals surface area (Å²) in [7, 11) is 0. The van der Waals surface area contributed by atoms with E-state index < -0.39 is 29.1 Å². The fraction of sp³-hybridized carbons (Fsp3) is 0.143. The molecule has 2 N–H and O–H groups in total. The summed E-state index contributed by atoms with van der Waals surface area (Å²) < 4.78 is 69.9. The van der Waals surface area contributed by atoms with Gasteiger partial charge in [-0.15, -0.1) is 0 Å². The van der Waals surface area contributed by atoms with Crippen LogP contribution in [0.1, 0.15) is 11.1 Å². The van der Waals surface area contributed by atoms with Gasteiger partial charge in [0.15, 0.2) is 0 Å². The first-order valence-electron chi connectivity index (χ1n) is 5.84. The Hall–Kier alpha value is -2.15. The molecule has 0 bridgehead atoms. The maximum atomic E-state index is 13.0. The molecule has 0 saturated carbocycles. The molecule has 2 aromatic carbocycles. The van der Waals surface area contributed by atoms with E-state index in [0.29, 0.717) is 6.07 Å². The van der Waals surface area contributed by atoms with Crippen molar-refractivity contribution in [2.45, 2.75) is 12.7 Å². The molecule has 0 fully saturated rings. The van der Waals surface area contributed by atoms with Gasteiger partial charge in [0.2, 0.25) is 0 Å². The average Bonchev–Trinajstić information content (AvgIpc) is 2.36. The highest BCUT2D eigenvalue weighted by molar-refractivity contribution is 5.42. The van der Waals surface area contributed by atoms with Gasteiger partial charge < -0.3 is 10.5 Å². The minimum Gasteiger partial charge on any atom is -0.457 e. The van der Waals surface area contributed by atoms with Gasteiger partial charge in [-0.1, -0.05) is 6.07 Å². The number of hydrogen-bond donors (Lipinski definition) is 1. The Kier molecular flexibility index (Phi) is 4.13. The zero-order valence-corrected chi connectivity index (χ0v) is 10.5. The van der Waals surface area contributed by atoms with Crippen LogP contribution in [-0.2, 0) is 12.7 Å². The van der Waals surface area contributed by atoms with Crippen LogP contribution in [0, 0.1) is 11.6 Å². The molecule has 112 valence electrons. The van der Waals surface area contributed by atoms with Crippen LogP contribution in [0.25, 0.3) is 0 Å². The Morgan fingerprint density at radius 1 is 0.952 bits per heavy atom. The molecule has 0 amide bonds. The summed E-state index contributed by atoms with van der Waals surface area (Å²) >= 11 is 0. The molecule has 21 heavy (non-hydrogen) atoms. The van der Waals surface area contributed by atoms with Crippen LogP contribution in [0.5, 0.6) is 11.5 Å². The normalized spacial score (nSPS) is 11.5. The van der Waals surface area contributed by atoms with Gasteiger partial charge >= 0.3 is 6.18 Å².